The SMILES string of the molecule is CC(COCc1cccnc1-c1ccnn1C(C)C)n1ccc(-c2ncccc2CO)n1. The van der Waals surface area contributed by atoms with Gasteiger partial charge in [0.15, 0.2) is 0 Å². The van der Waals surface area contributed by atoms with Crippen LogP contribution in [0.3, 0.4) is 0 Å². The van der Waals surface area contributed by atoms with Crippen LogP contribution in [0.2, 0.25) is 0 Å². The molecule has 0 aliphatic heterocycles. The molecule has 0 aliphatic carbocycles. The minimum Gasteiger partial charge on any atom is -0.392 e. The van der Waals surface area contributed by atoms with Crippen molar-refractivity contribution >= 4 is 0 Å². The Labute approximate surface area is 187 Å². The van der Waals surface area contributed by atoms with Crippen molar-refractivity contribution in [3.63, 3.8) is 0 Å². The zero-order valence-electron chi connectivity index (χ0n) is 18.6. The molecular formula is C24H28N6O2. The standard InChI is InChI=1S/C24H28N6O2/c1-17(2)30-22(8-12-27-30)24-20(7-5-11-26-24)16-32-15-18(3)29-13-9-21(28-29)23-19(14-31)6-4-10-25-23/h4-13,17-18,31H,14-16H2,1-3H3. The molecule has 0 aliphatic rings. The summed E-state index contributed by atoms with van der Waals surface area (Å²) in [6, 6.07) is 11.8. The fourth-order valence-corrected chi connectivity index (χ4v) is 3.62. The summed E-state index contributed by atoms with van der Waals surface area (Å²) in [5.41, 5.74) is 5.08. The molecule has 4 aromatic heterocycles. The molecule has 8 heteroatoms. The quantitative estimate of drug-likeness (QED) is 0.429. The van der Waals surface area contributed by atoms with Gasteiger partial charge in [-0.3, -0.25) is 19.3 Å². The van der Waals surface area contributed by atoms with E-state index in [-0.39, 0.29) is 18.7 Å². The second-order valence-corrected chi connectivity index (χ2v) is 7.98. The molecule has 1 atom stereocenters. The molecular weight excluding hydrogens is 404 g/mol. The van der Waals surface area contributed by atoms with Crippen LogP contribution in [-0.4, -0.2) is 41.2 Å². The number of aliphatic hydroxyl groups excluding tert-OH is 1. The van der Waals surface area contributed by atoms with Crippen LogP contribution in [0, 0.1) is 0 Å². The van der Waals surface area contributed by atoms with Gasteiger partial charge in [0.25, 0.3) is 0 Å². The first kappa shape index (κ1) is 21.9. The van der Waals surface area contributed by atoms with Crippen LogP contribution < -0.4 is 0 Å². The summed E-state index contributed by atoms with van der Waals surface area (Å²) in [5.74, 6) is 0. The van der Waals surface area contributed by atoms with Gasteiger partial charge >= 0.3 is 0 Å². The van der Waals surface area contributed by atoms with E-state index in [2.05, 4.69) is 40.9 Å². The first-order valence-corrected chi connectivity index (χ1v) is 10.7. The summed E-state index contributed by atoms with van der Waals surface area (Å²) in [4.78, 5) is 8.95. The Morgan fingerprint density at radius 3 is 2.44 bits per heavy atom. The molecule has 1 N–H and O–H groups in total. The highest BCUT2D eigenvalue weighted by Crippen LogP contribution is 2.25. The average molecular weight is 433 g/mol. The minimum absolute atomic E-state index is 0.0337. The predicted molar refractivity (Wildman–Crippen MR) is 122 cm³/mol. The monoisotopic (exact) mass is 432 g/mol. The first-order chi connectivity index (χ1) is 15.6. The summed E-state index contributed by atoms with van der Waals surface area (Å²) < 4.78 is 9.88. The van der Waals surface area contributed by atoms with Crippen LogP contribution in [0.5, 0.6) is 0 Å². The van der Waals surface area contributed by atoms with E-state index in [9.17, 15) is 5.11 Å². The van der Waals surface area contributed by atoms with Crippen molar-refractivity contribution in [3.8, 4) is 22.8 Å². The second-order valence-electron chi connectivity index (χ2n) is 7.98. The maximum Gasteiger partial charge on any atom is 0.111 e. The predicted octanol–water partition coefficient (Wildman–Crippen LogP) is 4.05. The molecule has 0 saturated carbocycles. The lowest BCUT2D eigenvalue weighted by atomic mass is 10.1. The van der Waals surface area contributed by atoms with E-state index in [1.165, 1.54) is 0 Å². The van der Waals surface area contributed by atoms with E-state index >= 15 is 0 Å². The van der Waals surface area contributed by atoms with Gasteiger partial charge in [-0.15, -0.1) is 0 Å². The number of hydrogen-bond acceptors (Lipinski definition) is 6. The molecule has 0 bridgehead atoms. The van der Waals surface area contributed by atoms with Crippen molar-refractivity contribution in [1.82, 2.24) is 29.5 Å². The first-order valence-electron chi connectivity index (χ1n) is 10.7. The topological polar surface area (TPSA) is 90.9 Å². The largest absolute Gasteiger partial charge is 0.392 e. The molecule has 32 heavy (non-hydrogen) atoms. The van der Waals surface area contributed by atoms with Gasteiger partial charge in [0, 0.05) is 42.0 Å². The molecule has 0 amide bonds. The van der Waals surface area contributed by atoms with Crippen LogP contribution in [-0.2, 0) is 18.0 Å². The Hall–Kier alpha value is -3.36. The molecule has 0 spiro atoms. The molecule has 4 aromatic rings. The number of ether oxygens (including phenoxy) is 1. The summed E-state index contributed by atoms with van der Waals surface area (Å²) in [6.07, 6.45) is 7.21. The highest BCUT2D eigenvalue weighted by molar-refractivity contribution is 5.59. The normalized spacial score (nSPS) is 12.4. The van der Waals surface area contributed by atoms with Gasteiger partial charge in [-0.25, -0.2) is 0 Å². The number of hydrogen-bond donors (Lipinski definition) is 1. The van der Waals surface area contributed by atoms with Gasteiger partial charge in [-0.2, -0.15) is 10.2 Å². The van der Waals surface area contributed by atoms with Crippen molar-refractivity contribution in [2.24, 2.45) is 0 Å². The Morgan fingerprint density at radius 2 is 1.69 bits per heavy atom. The minimum atomic E-state index is -0.0716. The van der Waals surface area contributed by atoms with Crippen molar-refractivity contribution < 1.29 is 9.84 Å². The van der Waals surface area contributed by atoms with E-state index in [0.717, 1.165) is 28.2 Å². The molecule has 8 nitrogen and oxygen atoms in total. The number of rotatable bonds is 9. The molecule has 1 unspecified atom stereocenters. The molecule has 4 rings (SSSR count). The zero-order chi connectivity index (χ0) is 22.5. The number of pyridine rings is 2. The molecule has 0 fully saturated rings. The van der Waals surface area contributed by atoms with Crippen LogP contribution >= 0.6 is 0 Å². The van der Waals surface area contributed by atoms with E-state index in [0.29, 0.717) is 18.9 Å². The third-order valence-corrected chi connectivity index (χ3v) is 5.27. The Kier molecular flexibility index (Phi) is 6.72. The number of aliphatic hydroxyl groups is 1. The maximum atomic E-state index is 9.55. The van der Waals surface area contributed by atoms with Crippen LogP contribution in [0.4, 0.5) is 0 Å². The number of nitrogens with zero attached hydrogens (tertiary/aromatic N) is 6. The van der Waals surface area contributed by atoms with Crippen molar-refractivity contribution in [2.45, 2.75) is 46.1 Å². The highest BCUT2D eigenvalue weighted by Gasteiger charge is 2.15. The Morgan fingerprint density at radius 1 is 0.938 bits per heavy atom. The maximum absolute atomic E-state index is 9.55. The fraction of sp³-hybridized carbons (Fsp3) is 0.333. The second kappa shape index (κ2) is 9.84. The van der Waals surface area contributed by atoms with Gasteiger partial charge in [-0.05, 0) is 45.0 Å². The van der Waals surface area contributed by atoms with Crippen molar-refractivity contribution in [3.05, 3.63) is 72.3 Å². The Bertz CT molecular complexity index is 1170. The summed E-state index contributed by atoms with van der Waals surface area (Å²) >= 11 is 0. The molecule has 4 heterocycles. The average Bonchev–Trinajstić information content (AvgIpc) is 3.49. The summed E-state index contributed by atoms with van der Waals surface area (Å²) in [6.45, 7) is 7.13. The summed E-state index contributed by atoms with van der Waals surface area (Å²) in [7, 11) is 0. The third kappa shape index (κ3) is 4.61. The van der Waals surface area contributed by atoms with Crippen molar-refractivity contribution in [2.75, 3.05) is 6.61 Å². The molecule has 0 aromatic carbocycles. The van der Waals surface area contributed by atoms with E-state index in [1.54, 1.807) is 18.6 Å². The van der Waals surface area contributed by atoms with Crippen LogP contribution in [0.15, 0.2) is 61.2 Å². The highest BCUT2D eigenvalue weighted by atomic mass is 16.5. The van der Waals surface area contributed by atoms with Gasteiger partial charge in [-0.1, -0.05) is 12.1 Å². The fourth-order valence-electron chi connectivity index (χ4n) is 3.62. The third-order valence-electron chi connectivity index (χ3n) is 5.27. The lowest BCUT2D eigenvalue weighted by Gasteiger charge is -2.15. The van der Waals surface area contributed by atoms with Gasteiger partial charge in [0.05, 0.1) is 42.9 Å². The molecule has 166 valence electrons. The van der Waals surface area contributed by atoms with E-state index in [1.807, 2.05) is 52.0 Å². The van der Waals surface area contributed by atoms with Crippen LogP contribution in [0.1, 0.15) is 44.0 Å². The number of aromatic nitrogens is 6. The smallest absolute Gasteiger partial charge is 0.111 e. The lowest BCUT2D eigenvalue weighted by Crippen LogP contribution is -2.13. The van der Waals surface area contributed by atoms with Gasteiger partial charge < -0.3 is 9.84 Å². The zero-order valence-corrected chi connectivity index (χ0v) is 18.6. The Balaban J connectivity index is 1.43. The van der Waals surface area contributed by atoms with Crippen LogP contribution in [0.25, 0.3) is 22.8 Å². The lowest BCUT2D eigenvalue weighted by molar-refractivity contribution is 0.0916. The van der Waals surface area contributed by atoms with Gasteiger partial charge in [0.1, 0.15) is 5.69 Å². The van der Waals surface area contributed by atoms with E-state index in [4.69, 9.17) is 4.74 Å². The molecule has 0 saturated heterocycles. The summed E-state index contributed by atoms with van der Waals surface area (Å²) in [5, 5.41) is 18.6. The van der Waals surface area contributed by atoms with E-state index < -0.39 is 0 Å². The van der Waals surface area contributed by atoms with Crippen molar-refractivity contribution in [1.29, 1.82) is 0 Å². The van der Waals surface area contributed by atoms with Gasteiger partial charge in [0.2, 0.25) is 0 Å². The molecule has 0 radical (unpaired) electrons.